The highest BCUT2D eigenvalue weighted by Gasteiger charge is 2.15. The van der Waals surface area contributed by atoms with Crippen molar-refractivity contribution in [3.63, 3.8) is 0 Å². The smallest absolute Gasteiger partial charge is 0.268 e. The van der Waals surface area contributed by atoms with E-state index in [1.807, 2.05) is 13.8 Å². The van der Waals surface area contributed by atoms with Crippen molar-refractivity contribution in [2.75, 3.05) is 0 Å². The number of aromatic nitrogens is 1. The Bertz CT molecular complexity index is 720. The number of nitrogens with zero attached hydrogens (tertiary/aromatic N) is 1. The molecule has 0 bridgehead atoms. The zero-order valence-electron chi connectivity index (χ0n) is 11.7. The quantitative estimate of drug-likeness (QED) is 0.935. The van der Waals surface area contributed by atoms with Gasteiger partial charge < -0.3 is 9.88 Å². The molecule has 0 saturated heterocycles. The third-order valence-corrected chi connectivity index (χ3v) is 3.04. The summed E-state index contributed by atoms with van der Waals surface area (Å²) in [6.45, 7) is 5.86. The highest BCUT2D eigenvalue weighted by atomic mass is 19.1. The van der Waals surface area contributed by atoms with Gasteiger partial charge in [-0.15, -0.1) is 0 Å². The number of fused-ring (bicyclic) bond motifs is 1. The van der Waals surface area contributed by atoms with Gasteiger partial charge in [0.15, 0.2) is 0 Å². The van der Waals surface area contributed by atoms with Crippen LogP contribution < -0.4 is 10.9 Å². The third kappa shape index (κ3) is 2.57. The van der Waals surface area contributed by atoms with E-state index in [2.05, 4.69) is 5.32 Å². The van der Waals surface area contributed by atoms with Crippen LogP contribution in [0.4, 0.5) is 4.39 Å². The van der Waals surface area contributed by atoms with Crippen LogP contribution in [0.25, 0.3) is 10.8 Å². The normalized spacial score (nSPS) is 11.1. The van der Waals surface area contributed by atoms with Crippen molar-refractivity contribution in [3.8, 4) is 0 Å². The van der Waals surface area contributed by atoms with Crippen LogP contribution in [-0.4, -0.2) is 16.5 Å². The number of carbonyl (C=O) groups excluding carboxylic acids is 1. The van der Waals surface area contributed by atoms with Gasteiger partial charge in [-0.25, -0.2) is 4.39 Å². The Morgan fingerprint density at radius 3 is 2.65 bits per heavy atom. The fourth-order valence-corrected chi connectivity index (χ4v) is 2.17. The summed E-state index contributed by atoms with van der Waals surface area (Å²) in [5.74, 6) is -0.758. The number of rotatable bonds is 3. The van der Waals surface area contributed by atoms with Gasteiger partial charge in [-0.3, -0.25) is 9.59 Å². The molecule has 0 atom stereocenters. The predicted molar refractivity (Wildman–Crippen MR) is 76.4 cm³/mol. The average Bonchev–Trinajstić information content (AvgIpc) is 2.37. The Kier molecular flexibility index (Phi) is 3.88. The molecule has 0 saturated carbocycles. The summed E-state index contributed by atoms with van der Waals surface area (Å²) in [6, 6.07) is 5.48. The molecule has 0 radical (unpaired) electrons. The number of amides is 1. The van der Waals surface area contributed by atoms with Crippen LogP contribution in [0.2, 0.25) is 0 Å². The van der Waals surface area contributed by atoms with E-state index < -0.39 is 5.82 Å². The molecule has 2 rings (SSSR count). The molecule has 0 aliphatic rings. The van der Waals surface area contributed by atoms with Gasteiger partial charge in [0.1, 0.15) is 11.5 Å². The minimum Gasteiger partial charge on any atom is -0.349 e. The lowest BCUT2D eigenvalue weighted by molar-refractivity contribution is 0.0932. The van der Waals surface area contributed by atoms with Crippen LogP contribution in [0.15, 0.2) is 29.1 Å². The molecule has 0 aliphatic heterocycles. The van der Waals surface area contributed by atoms with Crippen LogP contribution in [0, 0.1) is 5.82 Å². The summed E-state index contributed by atoms with van der Waals surface area (Å²) in [5.41, 5.74) is -0.0248. The molecule has 20 heavy (non-hydrogen) atoms. The second-order valence-corrected chi connectivity index (χ2v) is 4.94. The third-order valence-electron chi connectivity index (χ3n) is 3.04. The zero-order chi connectivity index (χ0) is 14.9. The van der Waals surface area contributed by atoms with Crippen LogP contribution in [0.3, 0.4) is 0 Å². The summed E-state index contributed by atoms with van der Waals surface area (Å²) in [5, 5.41) is 3.60. The van der Waals surface area contributed by atoms with Crippen molar-refractivity contribution in [1.29, 1.82) is 0 Å². The van der Waals surface area contributed by atoms with Crippen molar-refractivity contribution in [1.82, 2.24) is 9.88 Å². The maximum absolute atomic E-state index is 13.3. The lowest BCUT2D eigenvalue weighted by Gasteiger charge is -2.14. The summed E-state index contributed by atoms with van der Waals surface area (Å²) >= 11 is 0. The molecule has 0 aliphatic carbocycles. The van der Waals surface area contributed by atoms with E-state index in [0.717, 1.165) is 0 Å². The van der Waals surface area contributed by atoms with E-state index in [-0.39, 0.29) is 23.2 Å². The van der Waals surface area contributed by atoms with Gasteiger partial charge >= 0.3 is 0 Å². The van der Waals surface area contributed by atoms with Gasteiger partial charge in [-0.05, 0) is 50.4 Å². The number of pyridine rings is 1. The van der Waals surface area contributed by atoms with E-state index in [0.29, 0.717) is 17.3 Å². The summed E-state index contributed by atoms with van der Waals surface area (Å²) in [6.07, 6.45) is 0. The SMILES string of the molecule is CCn1c(C(=O)NC(C)C)cc2cc(F)ccc2c1=O. The first kappa shape index (κ1) is 14.2. The molecule has 1 N–H and O–H groups in total. The van der Waals surface area contributed by atoms with Crippen LogP contribution >= 0.6 is 0 Å². The Morgan fingerprint density at radius 1 is 1.35 bits per heavy atom. The van der Waals surface area contributed by atoms with E-state index >= 15 is 0 Å². The molecule has 0 spiro atoms. The molecule has 2 aromatic rings. The topological polar surface area (TPSA) is 51.1 Å². The lowest BCUT2D eigenvalue weighted by Crippen LogP contribution is -2.35. The zero-order valence-corrected chi connectivity index (χ0v) is 11.7. The van der Waals surface area contributed by atoms with Crippen LogP contribution in [0.1, 0.15) is 31.3 Å². The van der Waals surface area contributed by atoms with Gasteiger partial charge in [0.2, 0.25) is 0 Å². The van der Waals surface area contributed by atoms with E-state index in [1.54, 1.807) is 13.0 Å². The lowest BCUT2D eigenvalue weighted by atomic mass is 10.1. The van der Waals surface area contributed by atoms with Crippen molar-refractivity contribution in [2.45, 2.75) is 33.4 Å². The standard InChI is InChI=1S/C15H17FN2O2/c1-4-18-13(14(19)17-9(2)3)8-10-7-11(16)5-6-12(10)15(18)20/h5-9H,4H2,1-3H3,(H,17,19). The van der Waals surface area contributed by atoms with Gasteiger partial charge in [-0.2, -0.15) is 0 Å². The monoisotopic (exact) mass is 276 g/mol. The average molecular weight is 276 g/mol. The number of hydrogen-bond donors (Lipinski definition) is 1. The van der Waals surface area contributed by atoms with E-state index in [9.17, 15) is 14.0 Å². The maximum atomic E-state index is 13.3. The fraction of sp³-hybridized carbons (Fsp3) is 0.333. The Hall–Kier alpha value is -2.17. The molecule has 106 valence electrons. The largest absolute Gasteiger partial charge is 0.349 e. The van der Waals surface area contributed by atoms with Gasteiger partial charge in [0.25, 0.3) is 11.5 Å². The predicted octanol–water partition coefficient (Wildman–Crippen LogP) is 2.30. The van der Waals surface area contributed by atoms with Gasteiger partial charge in [0.05, 0.1) is 0 Å². The van der Waals surface area contributed by atoms with Crippen molar-refractivity contribution in [3.05, 3.63) is 46.1 Å². The molecule has 4 nitrogen and oxygen atoms in total. The number of halogens is 1. The molecule has 0 fully saturated rings. The Labute approximate surface area is 116 Å². The van der Waals surface area contributed by atoms with Gasteiger partial charge in [0, 0.05) is 18.0 Å². The van der Waals surface area contributed by atoms with Crippen molar-refractivity contribution >= 4 is 16.7 Å². The number of carbonyl (C=O) groups is 1. The number of hydrogen-bond acceptors (Lipinski definition) is 2. The Balaban J connectivity index is 2.70. The molecule has 0 unspecified atom stereocenters. The first-order chi connectivity index (χ1) is 9.43. The molecular weight excluding hydrogens is 259 g/mol. The molecule has 1 aromatic carbocycles. The molecular formula is C15H17FN2O2. The first-order valence-electron chi connectivity index (χ1n) is 6.58. The highest BCUT2D eigenvalue weighted by molar-refractivity contribution is 5.96. The number of nitrogens with one attached hydrogen (secondary N) is 1. The fourth-order valence-electron chi connectivity index (χ4n) is 2.17. The van der Waals surface area contributed by atoms with Crippen molar-refractivity contribution < 1.29 is 9.18 Å². The molecule has 1 heterocycles. The van der Waals surface area contributed by atoms with Crippen molar-refractivity contribution in [2.24, 2.45) is 0 Å². The minimum absolute atomic E-state index is 0.0360. The number of benzene rings is 1. The second kappa shape index (κ2) is 5.45. The van der Waals surface area contributed by atoms with E-state index in [1.165, 1.54) is 22.8 Å². The molecule has 1 amide bonds. The molecule has 1 aromatic heterocycles. The van der Waals surface area contributed by atoms with Crippen LogP contribution in [0.5, 0.6) is 0 Å². The summed E-state index contributed by atoms with van der Waals surface area (Å²) in [4.78, 5) is 24.5. The Morgan fingerprint density at radius 2 is 2.05 bits per heavy atom. The summed E-state index contributed by atoms with van der Waals surface area (Å²) in [7, 11) is 0. The highest BCUT2D eigenvalue weighted by Crippen LogP contribution is 2.14. The maximum Gasteiger partial charge on any atom is 0.268 e. The second-order valence-electron chi connectivity index (χ2n) is 4.94. The minimum atomic E-state index is -0.429. The van der Waals surface area contributed by atoms with E-state index in [4.69, 9.17) is 0 Å². The molecule has 5 heteroatoms. The van der Waals surface area contributed by atoms with Gasteiger partial charge in [-0.1, -0.05) is 0 Å². The summed E-state index contributed by atoms with van der Waals surface area (Å²) < 4.78 is 14.7. The first-order valence-corrected chi connectivity index (χ1v) is 6.58. The van der Waals surface area contributed by atoms with Crippen LogP contribution in [-0.2, 0) is 6.54 Å².